The van der Waals surface area contributed by atoms with Crippen LogP contribution in [0.2, 0.25) is 0 Å². The maximum absolute atomic E-state index is 12.7. The van der Waals surface area contributed by atoms with Gasteiger partial charge in [-0.05, 0) is 31.7 Å². The maximum Gasteiger partial charge on any atom is 0.254 e. The van der Waals surface area contributed by atoms with Gasteiger partial charge >= 0.3 is 0 Å². The van der Waals surface area contributed by atoms with Crippen LogP contribution >= 0.6 is 0 Å². The third-order valence-corrected chi connectivity index (χ3v) is 3.85. The first-order valence-electron chi connectivity index (χ1n) is 7.51. The maximum atomic E-state index is 12.7. The minimum absolute atomic E-state index is 0.0189. The van der Waals surface area contributed by atoms with Crippen LogP contribution in [0.1, 0.15) is 49.9 Å². The fourth-order valence-electron chi connectivity index (χ4n) is 2.93. The van der Waals surface area contributed by atoms with Gasteiger partial charge < -0.3 is 10.2 Å². The topological polar surface area (TPSA) is 49.4 Å². The molecule has 0 saturated heterocycles. The van der Waals surface area contributed by atoms with Crippen LogP contribution in [0.4, 0.5) is 5.69 Å². The summed E-state index contributed by atoms with van der Waals surface area (Å²) in [5.41, 5.74) is 4.11. The van der Waals surface area contributed by atoms with Crippen LogP contribution in [-0.4, -0.2) is 18.4 Å². The Morgan fingerprint density at radius 2 is 2.00 bits per heavy atom. The van der Waals surface area contributed by atoms with Crippen molar-refractivity contribution in [2.24, 2.45) is 5.92 Å². The van der Waals surface area contributed by atoms with Crippen molar-refractivity contribution in [1.82, 2.24) is 5.32 Å². The predicted octanol–water partition coefficient (Wildman–Crippen LogP) is 2.87. The lowest BCUT2D eigenvalue weighted by atomic mass is 10.0. The summed E-state index contributed by atoms with van der Waals surface area (Å²) < 4.78 is 0. The standard InChI is InChI=1S/C17H24N2O2/c1-10(2)6-7-19-16-12(4)8-11(3)9-14(16)15(17(19)21)18-13(5)20/h8-10,15H,6-7H2,1-5H3,(H,18,20)/t15-/m0/s1. The summed E-state index contributed by atoms with van der Waals surface area (Å²) in [6, 6.07) is 3.56. The third-order valence-electron chi connectivity index (χ3n) is 3.85. The van der Waals surface area contributed by atoms with Crippen molar-refractivity contribution in [2.45, 2.75) is 47.1 Å². The van der Waals surface area contributed by atoms with E-state index < -0.39 is 6.04 Å². The highest BCUT2D eigenvalue weighted by Gasteiger charge is 2.38. The minimum atomic E-state index is -0.539. The van der Waals surface area contributed by atoms with Crippen molar-refractivity contribution in [1.29, 1.82) is 0 Å². The molecule has 0 spiro atoms. The molecule has 21 heavy (non-hydrogen) atoms. The molecule has 0 aromatic heterocycles. The number of nitrogens with zero attached hydrogens (tertiary/aromatic N) is 1. The van der Waals surface area contributed by atoms with Crippen LogP contribution in [0.3, 0.4) is 0 Å². The van der Waals surface area contributed by atoms with Gasteiger partial charge in [0.2, 0.25) is 5.91 Å². The fraction of sp³-hybridized carbons (Fsp3) is 0.529. The zero-order chi connectivity index (χ0) is 15.7. The van der Waals surface area contributed by atoms with Crippen molar-refractivity contribution < 1.29 is 9.59 Å². The molecule has 114 valence electrons. The monoisotopic (exact) mass is 288 g/mol. The molecule has 2 rings (SSSR count). The van der Waals surface area contributed by atoms with E-state index in [1.165, 1.54) is 6.92 Å². The summed E-state index contributed by atoms with van der Waals surface area (Å²) in [6.07, 6.45) is 0.950. The highest BCUT2D eigenvalue weighted by atomic mass is 16.2. The largest absolute Gasteiger partial charge is 0.341 e. The Labute approximate surface area is 126 Å². The molecule has 2 amide bonds. The van der Waals surface area contributed by atoms with E-state index in [-0.39, 0.29) is 11.8 Å². The summed E-state index contributed by atoms with van der Waals surface area (Å²) in [6.45, 7) is 10.5. The number of benzene rings is 1. The van der Waals surface area contributed by atoms with Gasteiger partial charge in [-0.25, -0.2) is 0 Å². The zero-order valence-electron chi connectivity index (χ0n) is 13.5. The van der Waals surface area contributed by atoms with Gasteiger partial charge in [-0.1, -0.05) is 31.5 Å². The van der Waals surface area contributed by atoms with E-state index in [0.717, 1.165) is 28.8 Å². The lowest BCUT2D eigenvalue weighted by Gasteiger charge is -2.20. The molecular formula is C17H24N2O2. The van der Waals surface area contributed by atoms with Gasteiger partial charge in [-0.15, -0.1) is 0 Å². The molecule has 0 saturated carbocycles. The molecule has 0 radical (unpaired) electrons. The van der Waals surface area contributed by atoms with Crippen LogP contribution < -0.4 is 10.2 Å². The molecule has 1 N–H and O–H groups in total. The number of aryl methyl sites for hydroxylation is 2. The Morgan fingerprint density at radius 1 is 1.33 bits per heavy atom. The van der Waals surface area contributed by atoms with Crippen LogP contribution in [0.25, 0.3) is 0 Å². The first-order valence-corrected chi connectivity index (χ1v) is 7.51. The number of amides is 2. The van der Waals surface area contributed by atoms with Crippen molar-refractivity contribution in [2.75, 3.05) is 11.4 Å². The molecule has 1 aliphatic heterocycles. The van der Waals surface area contributed by atoms with E-state index >= 15 is 0 Å². The van der Waals surface area contributed by atoms with E-state index in [0.29, 0.717) is 12.5 Å². The van der Waals surface area contributed by atoms with Crippen LogP contribution in [-0.2, 0) is 9.59 Å². The minimum Gasteiger partial charge on any atom is -0.341 e. The SMILES string of the molecule is CC(=O)N[C@@H]1C(=O)N(CCC(C)C)c2c(C)cc(C)cc21. The molecule has 1 aliphatic rings. The summed E-state index contributed by atoms with van der Waals surface area (Å²) in [4.78, 5) is 25.9. The molecule has 0 unspecified atom stereocenters. The first-order chi connectivity index (χ1) is 9.81. The Hall–Kier alpha value is -1.84. The van der Waals surface area contributed by atoms with E-state index in [4.69, 9.17) is 0 Å². The van der Waals surface area contributed by atoms with E-state index in [2.05, 4.69) is 25.2 Å². The number of anilines is 1. The van der Waals surface area contributed by atoms with Crippen LogP contribution in [0.5, 0.6) is 0 Å². The number of fused-ring (bicyclic) bond motifs is 1. The normalized spacial score (nSPS) is 17.3. The number of hydrogen-bond donors (Lipinski definition) is 1. The van der Waals surface area contributed by atoms with Crippen molar-refractivity contribution in [3.8, 4) is 0 Å². The molecule has 0 bridgehead atoms. The van der Waals surface area contributed by atoms with E-state index in [1.54, 1.807) is 0 Å². The van der Waals surface area contributed by atoms with Gasteiger partial charge in [0.25, 0.3) is 5.91 Å². The highest BCUT2D eigenvalue weighted by molar-refractivity contribution is 6.06. The predicted molar refractivity (Wildman–Crippen MR) is 84.3 cm³/mol. The van der Waals surface area contributed by atoms with Crippen molar-refractivity contribution in [3.63, 3.8) is 0 Å². The third kappa shape index (κ3) is 3.09. The van der Waals surface area contributed by atoms with Gasteiger partial charge in [-0.3, -0.25) is 9.59 Å². The molecule has 1 heterocycles. The summed E-state index contributed by atoms with van der Waals surface area (Å²) in [5.74, 6) is 0.338. The lowest BCUT2D eigenvalue weighted by Crippen LogP contribution is -2.37. The van der Waals surface area contributed by atoms with Gasteiger partial charge in [0.15, 0.2) is 0 Å². The molecule has 1 aromatic carbocycles. The zero-order valence-corrected chi connectivity index (χ0v) is 13.5. The second kappa shape index (κ2) is 5.88. The number of hydrogen-bond acceptors (Lipinski definition) is 2. The number of nitrogens with one attached hydrogen (secondary N) is 1. The van der Waals surface area contributed by atoms with E-state index in [1.807, 2.05) is 24.8 Å². The summed E-state index contributed by atoms with van der Waals surface area (Å²) in [7, 11) is 0. The van der Waals surface area contributed by atoms with Gasteiger partial charge in [0.05, 0.1) is 5.69 Å². The molecule has 4 nitrogen and oxygen atoms in total. The van der Waals surface area contributed by atoms with Crippen LogP contribution in [0.15, 0.2) is 12.1 Å². The fourth-order valence-corrected chi connectivity index (χ4v) is 2.93. The molecule has 1 atom stereocenters. The Morgan fingerprint density at radius 3 is 2.57 bits per heavy atom. The Kier molecular flexibility index (Phi) is 4.35. The molecule has 0 fully saturated rings. The first kappa shape index (κ1) is 15.5. The summed E-state index contributed by atoms with van der Waals surface area (Å²) >= 11 is 0. The number of carbonyl (C=O) groups is 2. The smallest absolute Gasteiger partial charge is 0.254 e. The number of carbonyl (C=O) groups excluding carboxylic acids is 2. The van der Waals surface area contributed by atoms with Gasteiger partial charge in [0.1, 0.15) is 6.04 Å². The summed E-state index contributed by atoms with van der Waals surface area (Å²) in [5, 5.41) is 2.79. The van der Waals surface area contributed by atoms with Gasteiger partial charge in [-0.2, -0.15) is 0 Å². The lowest BCUT2D eigenvalue weighted by molar-refractivity contribution is -0.126. The Bertz CT molecular complexity index is 578. The van der Waals surface area contributed by atoms with Crippen molar-refractivity contribution in [3.05, 3.63) is 28.8 Å². The second-order valence-corrected chi connectivity index (χ2v) is 6.33. The van der Waals surface area contributed by atoms with E-state index in [9.17, 15) is 9.59 Å². The van der Waals surface area contributed by atoms with Gasteiger partial charge in [0, 0.05) is 19.0 Å². The molecule has 1 aromatic rings. The van der Waals surface area contributed by atoms with Crippen molar-refractivity contribution >= 4 is 17.5 Å². The Balaban J connectivity index is 2.43. The second-order valence-electron chi connectivity index (χ2n) is 6.33. The quantitative estimate of drug-likeness (QED) is 0.926. The highest BCUT2D eigenvalue weighted by Crippen LogP contribution is 2.39. The molecule has 0 aliphatic carbocycles. The van der Waals surface area contributed by atoms with Crippen LogP contribution in [0, 0.1) is 19.8 Å². The number of rotatable bonds is 4. The average molecular weight is 288 g/mol. The average Bonchev–Trinajstić information content (AvgIpc) is 2.60. The molecular weight excluding hydrogens is 264 g/mol. The molecule has 4 heteroatoms.